The molecule has 0 saturated carbocycles. The summed E-state index contributed by atoms with van der Waals surface area (Å²) in [6.45, 7) is 2.61. The zero-order chi connectivity index (χ0) is 21.1. The molecule has 2 N–H and O–H groups in total. The van der Waals surface area contributed by atoms with Gasteiger partial charge in [0.2, 0.25) is 0 Å². The van der Waals surface area contributed by atoms with E-state index >= 15 is 0 Å². The highest BCUT2D eigenvalue weighted by Gasteiger charge is 2.16. The number of nitrogens with one attached hydrogen (secondary N) is 2. The topological polar surface area (TPSA) is 91.2 Å². The maximum Gasteiger partial charge on any atom is 0.340 e. The lowest BCUT2D eigenvalue weighted by molar-refractivity contribution is -0.112. The summed E-state index contributed by atoms with van der Waals surface area (Å²) in [5.74, 6) is -1.53. The number of para-hydroxylation sites is 1. The number of anilines is 1. The van der Waals surface area contributed by atoms with Gasteiger partial charge in [-0.05, 0) is 36.2 Å². The Hall–Kier alpha value is -3.66. The lowest BCUT2D eigenvalue weighted by atomic mass is 10.1. The quantitative estimate of drug-likeness (QED) is 0.291. The van der Waals surface area contributed by atoms with E-state index in [0.29, 0.717) is 13.2 Å². The molecule has 0 aliphatic heterocycles. The van der Waals surface area contributed by atoms with E-state index in [1.54, 1.807) is 36.4 Å². The molecule has 0 unspecified atom stereocenters. The molecule has 1 amide bonds. The monoisotopic (exact) mass is 395 g/mol. The van der Waals surface area contributed by atoms with Crippen LogP contribution in [0.2, 0.25) is 0 Å². The first-order valence-corrected chi connectivity index (χ1v) is 9.20. The van der Waals surface area contributed by atoms with Crippen molar-refractivity contribution in [3.8, 4) is 6.07 Å². The standard InChI is InChI=1S/C22H22FN3O3/c1-2-3-12-29-22(28)19-6-4-5-7-20(19)26-21(27)17(13-24)15-25-14-16-8-10-18(23)11-9-16/h4-11,15,25H,2-3,12,14H2,1H3,(H,26,27)/b17-15-. The van der Waals surface area contributed by atoms with E-state index in [9.17, 15) is 19.2 Å². The molecule has 6 nitrogen and oxygen atoms in total. The van der Waals surface area contributed by atoms with Gasteiger partial charge >= 0.3 is 5.97 Å². The molecule has 2 aromatic rings. The molecule has 7 heteroatoms. The van der Waals surface area contributed by atoms with Crippen LogP contribution >= 0.6 is 0 Å². The largest absolute Gasteiger partial charge is 0.462 e. The fourth-order valence-electron chi connectivity index (χ4n) is 2.37. The number of rotatable bonds is 9. The van der Waals surface area contributed by atoms with Crippen LogP contribution in [0.25, 0.3) is 0 Å². The van der Waals surface area contributed by atoms with Gasteiger partial charge in [0.1, 0.15) is 17.5 Å². The van der Waals surface area contributed by atoms with Crippen molar-refractivity contribution >= 4 is 17.6 Å². The number of carbonyl (C=O) groups is 2. The third kappa shape index (κ3) is 6.78. The molecule has 29 heavy (non-hydrogen) atoms. The Morgan fingerprint density at radius 2 is 1.90 bits per heavy atom. The Balaban J connectivity index is 2.02. The number of hydrogen-bond donors (Lipinski definition) is 2. The zero-order valence-electron chi connectivity index (χ0n) is 16.1. The van der Waals surface area contributed by atoms with Crippen LogP contribution in [0, 0.1) is 17.1 Å². The van der Waals surface area contributed by atoms with Gasteiger partial charge in [0.15, 0.2) is 0 Å². The molecule has 0 bridgehead atoms. The van der Waals surface area contributed by atoms with Crippen molar-refractivity contribution in [2.24, 2.45) is 0 Å². The smallest absolute Gasteiger partial charge is 0.340 e. The summed E-state index contributed by atoms with van der Waals surface area (Å²) in [6.07, 6.45) is 2.93. The number of amides is 1. The molecular formula is C22H22FN3O3. The number of nitriles is 1. The van der Waals surface area contributed by atoms with E-state index < -0.39 is 11.9 Å². The Kier molecular flexibility index (Phi) is 8.39. The van der Waals surface area contributed by atoms with E-state index in [2.05, 4.69) is 10.6 Å². The number of esters is 1. The van der Waals surface area contributed by atoms with Crippen molar-refractivity contribution in [3.05, 3.63) is 77.2 Å². The first-order valence-electron chi connectivity index (χ1n) is 9.20. The number of benzene rings is 2. The number of unbranched alkanes of at least 4 members (excludes halogenated alkanes) is 1. The normalized spacial score (nSPS) is 10.7. The zero-order valence-corrected chi connectivity index (χ0v) is 16.1. The lowest BCUT2D eigenvalue weighted by Gasteiger charge is -2.10. The van der Waals surface area contributed by atoms with Gasteiger partial charge in [0.05, 0.1) is 17.9 Å². The molecule has 2 rings (SSSR count). The highest BCUT2D eigenvalue weighted by molar-refractivity contribution is 6.09. The number of ether oxygens (including phenoxy) is 1. The van der Waals surface area contributed by atoms with E-state index in [-0.39, 0.29) is 22.6 Å². The van der Waals surface area contributed by atoms with Crippen molar-refractivity contribution in [2.75, 3.05) is 11.9 Å². The molecule has 2 aromatic carbocycles. The van der Waals surface area contributed by atoms with Gasteiger partial charge < -0.3 is 15.4 Å². The molecular weight excluding hydrogens is 373 g/mol. The Morgan fingerprint density at radius 1 is 1.17 bits per heavy atom. The van der Waals surface area contributed by atoms with Crippen molar-refractivity contribution in [1.29, 1.82) is 5.26 Å². The third-order valence-electron chi connectivity index (χ3n) is 3.96. The number of carbonyl (C=O) groups excluding carboxylic acids is 2. The van der Waals surface area contributed by atoms with Crippen LogP contribution in [0.1, 0.15) is 35.7 Å². The van der Waals surface area contributed by atoms with Gasteiger partial charge in [-0.1, -0.05) is 37.6 Å². The summed E-state index contributed by atoms with van der Waals surface area (Å²) in [6, 6.07) is 14.1. The molecule has 150 valence electrons. The maximum atomic E-state index is 12.9. The van der Waals surface area contributed by atoms with Gasteiger partial charge in [-0.15, -0.1) is 0 Å². The van der Waals surface area contributed by atoms with Gasteiger partial charge in [-0.2, -0.15) is 5.26 Å². The van der Waals surface area contributed by atoms with E-state index in [4.69, 9.17) is 4.74 Å². The highest BCUT2D eigenvalue weighted by Crippen LogP contribution is 2.17. The molecule has 0 aliphatic carbocycles. The first kappa shape index (κ1) is 21.6. The minimum absolute atomic E-state index is 0.165. The maximum absolute atomic E-state index is 12.9. The number of halogens is 1. The van der Waals surface area contributed by atoms with Gasteiger partial charge in [-0.25, -0.2) is 9.18 Å². The molecule has 0 atom stereocenters. The van der Waals surface area contributed by atoms with Crippen LogP contribution in [0.4, 0.5) is 10.1 Å². The highest BCUT2D eigenvalue weighted by atomic mass is 19.1. The van der Waals surface area contributed by atoms with Crippen LogP contribution < -0.4 is 10.6 Å². The third-order valence-corrected chi connectivity index (χ3v) is 3.96. The second kappa shape index (κ2) is 11.2. The predicted octanol–water partition coefficient (Wildman–Crippen LogP) is 3.92. The SMILES string of the molecule is CCCCOC(=O)c1ccccc1NC(=O)/C(C#N)=C\NCc1ccc(F)cc1. The van der Waals surface area contributed by atoms with Crippen LogP contribution in [-0.4, -0.2) is 18.5 Å². The molecule has 0 saturated heterocycles. The summed E-state index contributed by atoms with van der Waals surface area (Å²) in [5.41, 5.74) is 1.11. The van der Waals surface area contributed by atoms with Crippen LogP contribution in [-0.2, 0) is 16.1 Å². The second-order valence-corrected chi connectivity index (χ2v) is 6.17. The first-order chi connectivity index (χ1) is 14.0. The fraction of sp³-hybridized carbons (Fsp3) is 0.227. The molecule has 0 aromatic heterocycles. The van der Waals surface area contributed by atoms with Gasteiger partial charge in [-0.3, -0.25) is 4.79 Å². The second-order valence-electron chi connectivity index (χ2n) is 6.17. The van der Waals surface area contributed by atoms with E-state index in [1.165, 1.54) is 18.3 Å². The van der Waals surface area contributed by atoms with Crippen molar-refractivity contribution in [1.82, 2.24) is 5.32 Å². The minimum atomic E-state index is -0.659. The molecule has 0 aliphatic rings. The minimum Gasteiger partial charge on any atom is -0.462 e. The molecule has 0 fully saturated rings. The van der Waals surface area contributed by atoms with Gasteiger partial charge in [0.25, 0.3) is 5.91 Å². The van der Waals surface area contributed by atoms with Crippen molar-refractivity contribution in [3.63, 3.8) is 0 Å². The summed E-state index contributed by atoms with van der Waals surface area (Å²) in [5, 5.41) is 14.7. The summed E-state index contributed by atoms with van der Waals surface area (Å²) in [4.78, 5) is 24.6. The van der Waals surface area contributed by atoms with Crippen LogP contribution in [0.3, 0.4) is 0 Å². The van der Waals surface area contributed by atoms with E-state index in [0.717, 1.165) is 18.4 Å². The summed E-state index contributed by atoms with van der Waals surface area (Å²) < 4.78 is 18.1. The Morgan fingerprint density at radius 3 is 2.59 bits per heavy atom. The number of hydrogen-bond acceptors (Lipinski definition) is 5. The summed E-state index contributed by atoms with van der Waals surface area (Å²) >= 11 is 0. The number of nitrogens with zero attached hydrogens (tertiary/aromatic N) is 1. The van der Waals surface area contributed by atoms with Crippen LogP contribution in [0.15, 0.2) is 60.3 Å². The van der Waals surface area contributed by atoms with Crippen LogP contribution in [0.5, 0.6) is 0 Å². The average molecular weight is 395 g/mol. The van der Waals surface area contributed by atoms with Crippen molar-refractivity contribution in [2.45, 2.75) is 26.3 Å². The van der Waals surface area contributed by atoms with E-state index in [1.807, 2.05) is 13.0 Å². The Labute approximate surface area is 169 Å². The summed E-state index contributed by atoms with van der Waals surface area (Å²) in [7, 11) is 0. The predicted molar refractivity (Wildman–Crippen MR) is 107 cm³/mol. The van der Waals surface area contributed by atoms with Gasteiger partial charge in [0, 0.05) is 12.7 Å². The molecule has 0 radical (unpaired) electrons. The average Bonchev–Trinajstić information content (AvgIpc) is 2.73. The van der Waals surface area contributed by atoms with Crippen molar-refractivity contribution < 1.29 is 18.7 Å². The molecule has 0 spiro atoms. The lowest BCUT2D eigenvalue weighted by Crippen LogP contribution is -2.19. The fourth-order valence-corrected chi connectivity index (χ4v) is 2.37. The Bertz CT molecular complexity index is 918. The molecule has 0 heterocycles.